The van der Waals surface area contributed by atoms with Crippen LogP contribution in [0.1, 0.15) is 25.1 Å². The van der Waals surface area contributed by atoms with Crippen LogP contribution >= 0.6 is 0 Å². The summed E-state index contributed by atoms with van der Waals surface area (Å²) in [5.74, 6) is 0. The molecule has 0 bridgehead atoms. The van der Waals surface area contributed by atoms with Gasteiger partial charge in [0.05, 0.1) is 11.7 Å². The summed E-state index contributed by atoms with van der Waals surface area (Å²) in [6, 6.07) is 2.66. The van der Waals surface area contributed by atoms with E-state index in [0.717, 1.165) is 32.6 Å². The van der Waals surface area contributed by atoms with Crippen LogP contribution in [0, 0.1) is 0 Å². The van der Waals surface area contributed by atoms with Crippen molar-refractivity contribution in [1.29, 1.82) is 0 Å². The predicted octanol–water partition coefficient (Wildman–Crippen LogP) is 0.776. The smallest absolute Gasteiger partial charge is 0.0552 e. The second kappa shape index (κ2) is 4.77. The zero-order chi connectivity index (χ0) is 10.7. The van der Waals surface area contributed by atoms with Crippen molar-refractivity contribution < 1.29 is 0 Å². The maximum Gasteiger partial charge on any atom is 0.0552 e. The maximum atomic E-state index is 4.25. The minimum Gasteiger partial charge on any atom is -0.314 e. The van der Waals surface area contributed by atoms with Crippen LogP contribution in [0.3, 0.4) is 0 Å². The largest absolute Gasteiger partial charge is 0.314 e. The van der Waals surface area contributed by atoms with Gasteiger partial charge in [-0.1, -0.05) is 6.92 Å². The van der Waals surface area contributed by atoms with Gasteiger partial charge in [-0.3, -0.25) is 9.58 Å². The molecule has 4 heteroatoms. The van der Waals surface area contributed by atoms with Gasteiger partial charge < -0.3 is 5.32 Å². The molecular formula is C11H20N4. The summed E-state index contributed by atoms with van der Waals surface area (Å²) in [4.78, 5) is 2.55. The quantitative estimate of drug-likeness (QED) is 0.796. The molecule has 1 aliphatic heterocycles. The molecular weight excluding hydrogens is 188 g/mol. The Hall–Kier alpha value is -0.870. The molecule has 1 N–H and O–H groups in total. The van der Waals surface area contributed by atoms with Gasteiger partial charge in [-0.2, -0.15) is 5.10 Å². The third-order valence-corrected chi connectivity index (χ3v) is 3.18. The summed E-state index contributed by atoms with van der Waals surface area (Å²) >= 11 is 0. The molecule has 2 rings (SSSR count). The molecule has 2 heterocycles. The van der Waals surface area contributed by atoms with E-state index >= 15 is 0 Å². The summed E-state index contributed by atoms with van der Waals surface area (Å²) in [5, 5.41) is 7.64. The first-order valence-corrected chi connectivity index (χ1v) is 5.75. The zero-order valence-electron chi connectivity index (χ0n) is 9.61. The Balaban J connectivity index is 2.12. The summed E-state index contributed by atoms with van der Waals surface area (Å²) in [7, 11) is 2.03. The van der Waals surface area contributed by atoms with E-state index in [1.54, 1.807) is 0 Å². The van der Waals surface area contributed by atoms with E-state index in [1.165, 1.54) is 5.69 Å². The normalized spacial score (nSPS) is 20.4. The Kier molecular flexibility index (Phi) is 3.38. The van der Waals surface area contributed by atoms with Gasteiger partial charge in [0.25, 0.3) is 0 Å². The van der Waals surface area contributed by atoms with Gasteiger partial charge in [0, 0.05) is 39.4 Å². The number of aromatic nitrogens is 2. The lowest BCUT2D eigenvalue weighted by Crippen LogP contribution is -2.45. The van der Waals surface area contributed by atoms with Crippen LogP contribution in [0.25, 0.3) is 0 Å². The first-order valence-electron chi connectivity index (χ1n) is 5.75. The van der Waals surface area contributed by atoms with Crippen LogP contribution in [-0.4, -0.2) is 40.9 Å². The second-order valence-corrected chi connectivity index (χ2v) is 4.09. The van der Waals surface area contributed by atoms with Crippen LogP contribution in [0.5, 0.6) is 0 Å². The van der Waals surface area contributed by atoms with Crippen molar-refractivity contribution in [3.63, 3.8) is 0 Å². The molecule has 1 saturated heterocycles. The standard InChI is InChI=1S/C11H20N4/c1-3-10(11-4-5-13-14(11)2)15-8-6-12-7-9-15/h4-5,10,12H,3,6-9H2,1-2H3. The number of aryl methyl sites for hydroxylation is 1. The van der Waals surface area contributed by atoms with E-state index in [1.807, 2.05) is 17.9 Å². The highest BCUT2D eigenvalue weighted by atomic mass is 15.3. The van der Waals surface area contributed by atoms with Crippen LogP contribution in [0.4, 0.5) is 0 Å². The van der Waals surface area contributed by atoms with Gasteiger partial charge in [-0.05, 0) is 12.5 Å². The van der Waals surface area contributed by atoms with Gasteiger partial charge in [0.15, 0.2) is 0 Å². The van der Waals surface area contributed by atoms with E-state index in [-0.39, 0.29) is 0 Å². The van der Waals surface area contributed by atoms with Crippen LogP contribution in [-0.2, 0) is 7.05 Å². The van der Waals surface area contributed by atoms with E-state index in [9.17, 15) is 0 Å². The molecule has 1 aromatic rings. The minimum absolute atomic E-state index is 0.527. The molecule has 0 spiro atoms. The van der Waals surface area contributed by atoms with E-state index in [2.05, 4.69) is 28.3 Å². The Labute approximate surface area is 91.3 Å². The Morgan fingerprint density at radius 3 is 2.73 bits per heavy atom. The summed E-state index contributed by atoms with van der Waals surface area (Å²) in [6.45, 7) is 6.75. The molecule has 1 unspecified atom stereocenters. The lowest BCUT2D eigenvalue weighted by atomic mass is 10.1. The number of hydrogen-bond acceptors (Lipinski definition) is 3. The Morgan fingerprint density at radius 2 is 2.20 bits per heavy atom. The Morgan fingerprint density at radius 1 is 1.47 bits per heavy atom. The molecule has 1 fully saturated rings. The molecule has 0 aliphatic carbocycles. The minimum atomic E-state index is 0.527. The van der Waals surface area contributed by atoms with Crippen LogP contribution < -0.4 is 5.32 Å². The Bertz CT molecular complexity index is 301. The third kappa shape index (κ3) is 2.21. The molecule has 1 atom stereocenters. The van der Waals surface area contributed by atoms with E-state index in [4.69, 9.17) is 0 Å². The van der Waals surface area contributed by atoms with Crippen molar-refractivity contribution in [2.45, 2.75) is 19.4 Å². The van der Waals surface area contributed by atoms with Gasteiger partial charge >= 0.3 is 0 Å². The summed E-state index contributed by atoms with van der Waals surface area (Å²) < 4.78 is 2.00. The number of rotatable bonds is 3. The molecule has 0 radical (unpaired) electrons. The van der Waals surface area contributed by atoms with E-state index in [0.29, 0.717) is 6.04 Å². The van der Waals surface area contributed by atoms with Gasteiger partial charge in [-0.15, -0.1) is 0 Å². The average molecular weight is 208 g/mol. The number of nitrogens with zero attached hydrogens (tertiary/aromatic N) is 3. The lowest BCUT2D eigenvalue weighted by molar-refractivity contribution is 0.163. The second-order valence-electron chi connectivity index (χ2n) is 4.09. The fourth-order valence-corrected chi connectivity index (χ4v) is 2.36. The third-order valence-electron chi connectivity index (χ3n) is 3.18. The molecule has 1 aliphatic rings. The van der Waals surface area contributed by atoms with Crippen LogP contribution in [0.15, 0.2) is 12.3 Å². The topological polar surface area (TPSA) is 33.1 Å². The summed E-state index contributed by atoms with van der Waals surface area (Å²) in [5.41, 5.74) is 1.33. The SMILES string of the molecule is CCC(c1ccnn1C)N1CCNCC1. The van der Waals surface area contributed by atoms with E-state index < -0.39 is 0 Å². The highest BCUT2D eigenvalue weighted by Crippen LogP contribution is 2.23. The van der Waals surface area contributed by atoms with Crippen molar-refractivity contribution in [3.05, 3.63) is 18.0 Å². The van der Waals surface area contributed by atoms with Crippen LogP contribution in [0.2, 0.25) is 0 Å². The molecule has 0 aromatic carbocycles. The van der Waals surface area contributed by atoms with Crippen molar-refractivity contribution in [3.8, 4) is 0 Å². The van der Waals surface area contributed by atoms with Crippen molar-refractivity contribution in [1.82, 2.24) is 20.0 Å². The van der Waals surface area contributed by atoms with Crippen molar-refractivity contribution >= 4 is 0 Å². The fraction of sp³-hybridized carbons (Fsp3) is 0.727. The molecule has 4 nitrogen and oxygen atoms in total. The highest BCUT2D eigenvalue weighted by molar-refractivity contribution is 5.07. The highest BCUT2D eigenvalue weighted by Gasteiger charge is 2.22. The number of hydrogen-bond donors (Lipinski definition) is 1. The van der Waals surface area contributed by atoms with Gasteiger partial charge in [0.1, 0.15) is 0 Å². The molecule has 1 aromatic heterocycles. The molecule has 15 heavy (non-hydrogen) atoms. The van der Waals surface area contributed by atoms with Crippen molar-refractivity contribution in [2.75, 3.05) is 26.2 Å². The molecule has 84 valence electrons. The first kappa shape index (κ1) is 10.6. The first-order chi connectivity index (χ1) is 7.33. The summed E-state index contributed by atoms with van der Waals surface area (Å²) in [6.07, 6.45) is 3.04. The zero-order valence-corrected chi connectivity index (χ0v) is 9.61. The monoisotopic (exact) mass is 208 g/mol. The predicted molar refractivity (Wildman–Crippen MR) is 60.7 cm³/mol. The fourth-order valence-electron chi connectivity index (χ4n) is 2.36. The lowest BCUT2D eigenvalue weighted by Gasteiger charge is -2.34. The molecule has 0 amide bonds. The maximum absolute atomic E-state index is 4.25. The average Bonchev–Trinajstić information content (AvgIpc) is 2.68. The van der Waals surface area contributed by atoms with Gasteiger partial charge in [0.2, 0.25) is 0 Å². The van der Waals surface area contributed by atoms with Crippen molar-refractivity contribution in [2.24, 2.45) is 7.05 Å². The number of piperazine rings is 1. The molecule has 0 saturated carbocycles. The van der Waals surface area contributed by atoms with Gasteiger partial charge in [-0.25, -0.2) is 0 Å². The number of nitrogens with one attached hydrogen (secondary N) is 1.